The Labute approximate surface area is 115 Å². The summed E-state index contributed by atoms with van der Waals surface area (Å²) in [6.45, 7) is 8.16. The van der Waals surface area contributed by atoms with Gasteiger partial charge in [-0.15, -0.1) is 0 Å². The smallest absolute Gasteiger partial charge is 0.164 e. The van der Waals surface area contributed by atoms with Crippen LogP contribution in [0.15, 0.2) is 0 Å². The van der Waals surface area contributed by atoms with Crippen LogP contribution in [0.2, 0.25) is 0 Å². The van der Waals surface area contributed by atoms with Gasteiger partial charge in [0.15, 0.2) is 11.6 Å². The summed E-state index contributed by atoms with van der Waals surface area (Å²) in [5.74, 6) is -1.12. The first-order valence-electron chi connectivity index (χ1n) is 6.24. The molecule has 0 saturated carbocycles. The molecule has 0 radical (unpaired) electrons. The molecule has 18 heavy (non-hydrogen) atoms. The highest BCUT2D eigenvalue weighted by atomic mass is 79.9. The SMILES string of the molecule is CC1(C)OC2C(Br)OC([C@@H]3COC(C)(C)O3)C2O1. The molecule has 104 valence electrons. The van der Waals surface area contributed by atoms with Crippen LogP contribution < -0.4 is 0 Å². The van der Waals surface area contributed by atoms with Gasteiger partial charge in [-0.1, -0.05) is 15.9 Å². The second-order valence-corrected chi connectivity index (χ2v) is 6.79. The predicted octanol–water partition coefficient (Wildman–Crippen LogP) is 1.78. The largest absolute Gasteiger partial charge is 0.355 e. The molecule has 0 aromatic carbocycles. The van der Waals surface area contributed by atoms with Crippen LogP contribution in [-0.2, 0) is 23.7 Å². The maximum absolute atomic E-state index is 5.92. The van der Waals surface area contributed by atoms with Crippen LogP contribution in [0.4, 0.5) is 0 Å². The molecule has 0 aromatic rings. The van der Waals surface area contributed by atoms with Gasteiger partial charge in [0.25, 0.3) is 0 Å². The second-order valence-electron chi connectivity index (χ2n) is 5.88. The fraction of sp³-hybridized carbons (Fsp3) is 1.00. The predicted molar refractivity (Wildman–Crippen MR) is 66.3 cm³/mol. The summed E-state index contributed by atoms with van der Waals surface area (Å²) in [6.07, 6.45) is -0.500. The van der Waals surface area contributed by atoms with Gasteiger partial charge in [0.05, 0.1) is 6.61 Å². The standard InChI is InChI=1S/C12H19BrO5/c1-11(2)14-5-6(16-11)7-8-9(10(13)15-7)18-12(3,4)17-8/h6-10H,5H2,1-4H3/t6-,7?,8?,9?,10?/m0/s1. The van der Waals surface area contributed by atoms with Crippen LogP contribution in [0.5, 0.6) is 0 Å². The Morgan fingerprint density at radius 1 is 0.889 bits per heavy atom. The molecule has 0 bridgehead atoms. The van der Waals surface area contributed by atoms with Crippen molar-refractivity contribution in [2.45, 2.75) is 68.7 Å². The molecule has 3 saturated heterocycles. The molecule has 5 atom stereocenters. The van der Waals surface area contributed by atoms with Crippen molar-refractivity contribution in [3.8, 4) is 0 Å². The summed E-state index contributed by atoms with van der Waals surface area (Å²) in [5.41, 5.74) is 0. The maximum atomic E-state index is 5.92. The molecule has 3 fully saturated rings. The summed E-state index contributed by atoms with van der Waals surface area (Å²) in [5, 5.41) is -0.165. The molecule has 3 heterocycles. The maximum Gasteiger partial charge on any atom is 0.164 e. The molecule has 0 N–H and O–H groups in total. The number of rotatable bonds is 1. The number of ether oxygens (including phenoxy) is 5. The van der Waals surface area contributed by atoms with Gasteiger partial charge in [-0.25, -0.2) is 0 Å². The Balaban J connectivity index is 1.75. The van der Waals surface area contributed by atoms with Crippen molar-refractivity contribution < 1.29 is 23.7 Å². The van der Waals surface area contributed by atoms with Crippen LogP contribution in [0.1, 0.15) is 27.7 Å². The Morgan fingerprint density at radius 3 is 2.17 bits per heavy atom. The highest BCUT2D eigenvalue weighted by Gasteiger charge is 2.58. The zero-order valence-corrected chi connectivity index (χ0v) is 12.6. The fourth-order valence-electron chi connectivity index (χ4n) is 2.76. The Kier molecular flexibility index (Phi) is 3.05. The number of halogens is 1. The molecule has 3 aliphatic heterocycles. The molecule has 0 amide bonds. The number of hydrogen-bond donors (Lipinski definition) is 0. The van der Waals surface area contributed by atoms with E-state index >= 15 is 0 Å². The van der Waals surface area contributed by atoms with E-state index in [9.17, 15) is 0 Å². The van der Waals surface area contributed by atoms with Gasteiger partial charge in [0.2, 0.25) is 0 Å². The molecular formula is C12H19BrO5. The molecule has 3 aliphatic rings. The van der Waals surface area contributed by atoms with Crippen molar-refractivity contribution >= 4 is 15.9 Å². The lowest BCUT2D eigenvalue weighted by Crippen LogP contribution is -2.40. The first-order valence-corrected chi connectivity index (χ1v) is 7.16. The van der Waals surface area contributed by atoms with Crippen molar-refractivity contribution in [2.24, 2.45) is 0 Å². The number of fused-ring (bicyclic) bond motifs is 1. The van der Waals surface area contributed by atoms with Crippen molar-refractivity contribution in [1.82, 2.24) is 0 Å². The Bertz CT molecular complexity index is 345. The van der Waals surface area contributed by atoms with Gasteiger partial charge in [-0.2, -0.15) is 0 Å². The quantitative estimate of drug-likeness (QED) is 0.689. The summed E-state index contributed by atoms with van der Waals surface area (Å²) < 4.78 is 29.1. The van der Waals surface area contributed by atoms with Gasteiger partial charge in [-0.3, -0.25) is 0 Å². The molecule has 0 aromatic heterocycles. The molecule has 6 heteroatoms. The van der Waals surface area contributed by atoms with Gasteiger partial charge in [0.1, 0.15) is 29.4 Å². The van der Waals surface area contributed by atoms with E-state index in [1.54, 1.807) is 0 Å². The van der Waals surface area contributed by atoms with Crippen molar-refractivity contribution in [2.75, 3.05) is 6.61 Å². The summed E-state index contributed by atoms with van der Waals surface area (Å²) in [7, 11) is 0. The van der Waals surface area contributed by atoms with E-state index in [4.69, 9.17) is 23.7 Å². The molecule has 0 aliphatic carbocycles. The van der Waals surface area contributed by atoms with Crippen LogP contribution in [0.25, 0.3) is 0 Å². The Hall–Kier alpha value is 0.280. The van der Waals surface area contributed by atoms with Crippen LogP contribution in [-0.4, -0.2) is 47.6 Å². The lowest BCUT2D eigenvalue weighted by Gasteiger charge is -2.26. The van der Waals surface area contributed by atoms with E-state index < -0.39 is 11.6 Å². The average Bonchev–Trinajstić information content (AvgIpc) is 2.81. The fourth-order valence-corrected chi connectivity index (χ4v) is 3.41. The Morgan fingerprint density at radius 2 is 1.56 bits per heavy atom. The third-order valence-electron chi connectivity index (χ3n) is 3.43. The summed E-state index contributed by atoms with van der Waals surface area (Å²) in [6, 6.07) is 0. The zero-order chi connectivity index (χ0) is 13.1. The van der Waals surface area contributed by atoms with Gasteiger partial charge in [0, 0.05) is 0 Å². The van der Waals surface area contributed by atoms with Gasteiger partial charge in [-0.05, 0) is 27.7 Å². The van der Waals surface area contributed by atoms with Crippen molar-refractivity contribution in [1.29, 1.82) is 0 Å². The van der Waals surface area contributed by atoms with E-state index in [1.807, 2.05) is 27.7 Å². The van der Waals surface area contributed by atoms with Crippen LogP contribution in [0.3, 0.4) is 0 Å². The third-order valence-corrected chi connectivity index (χ3v) is 4.17. The first-order chi connectivity index (χ1) is 8.27. The highest BCUT2D eigenvalue weighted by Crippen LogP contribution is 2.43. The second kappa shape index (κ2) is 4.14. The topological polar surface area (TPSA) is 46.2 Å². The molecule has 5 nitrogen and oxygen atoms in total. The lowest BCUT2D eigenvalue weighted by atomic mass is 10.1. The normalized spacial score (nSPS) is 49.5. The average molecular weight is 323 g/mol. The molecule has 4 unspecified atom stereocenters. The van der Waals surface area contributed by atoms with Crippen LogP contribution >= 0.6 is 15.9 Å². The number of alkyl halides is 1. The molecule has 0 spiro atoms. The summed E-state index contributed by atoms with van der Waals surface area (Å²) in [4.78, 5) is 0. The third kappa shape index (κ3) is 2.23. The van der Waals surface area contributed by atoms with Crippen molar-refractivity contribution in [3.05, 3.63) is 0 Å². The van der Waals surface area contributed by atoms with E-state index in [2.05, 4.69) is 15.9 Å². The van der Waals surface area contributed by atoms with Gasteiger partial charge >= 0.3 is 0 Å². The number of hydrogen-bond acceptors (Lipinski definition) is 5. The van der Waals surface area contributed by atoms with E-state index in [1.165, 1.54) is 0 Å². The van der Waals surface area contributed by atoms with Crippen LogP contribution in [0, 0.1) is 0 Å². The van der Waals surface area contributed by atoms with Gasteiger partial charge < -0.3 is 23.7 Å². The zero-order valence-electron chi connectivity index (χ0n) is 11.0. The minimum absolute atomic E-state index is 0.0997. The molecule has 3 rings (SSSR count). The minimum Gasteiger partial charge on any atom is -0.355 e. The molecular weight excluding hydrogens is 304 g/mol. The summed E-state index contributed by atoms with van der Waals surface area (Å²) >= 11 is 3.49. The minimum atomic E-state index is -0.571. The van der Waals surface area contributed by atoms with E-state index in [0.717, 1.165) is 0 Å². The first kappa shape index (κ1) is 13.3. The van der Waals surface area contributed by atoms with Crippen molar-refractivity contribution in [3.63, 3.8) is 0 Å². The highest BCUT2D eigenvalue weighted by molar-refractivity contribution is 9.09. The monoisotopic (exact) mass is 322 g/mol. The lowest BCUT2D eigenvalue weighted by molar-refractivity contribution is -0.197. The van der Waals surface area contributed by atoms with E-state index in [0.29, 0.717) is 6.61 Å². The van der Waals surface area contributed by atoms with E-state index in [-0.39, 0.29) is 29.4 Å².